The summed E-state index contributed by atoms with van der Waals surface area (Å²) < 4.78 is 16.6. The Bertz CT molecular complexity index is 252. The van der Waals surface area contributed by atoms with Crippen LogP contribution in [0, 0.1) is 5.92 Å². The minimum atomic E-state index is -0.518. The zero-order valence-corrected chi connectivity index (χ0v) is 11.3. The van der Waals surface area contributed by atoms with Gasteiger partial charge in [0.25, 0.3) is 0 Å². The molecule has 100 valence electrons. The maximum atomic E-state index is 11.2. The lowest BCUT2D eigenvalue weighted by molar-refractivity contribution is -0.173. The maximum absolute atomic E-state index is 11.2. The van der Waals surface area contributed by atoms with Gasteiger partial charge in [0.15, 0.2) is 5.79 Å². The standard InChI is InChI=1S/C13H24O4/c1-5-6-12(14)15-8-11-9-16-13(4,17-11)7-10(2)3/h10-11H,5-9H2,1-4H3. The summed E-state index contributed by atoms with van der Waals surface area (Å²) in [6.07, 6.45) is 2.01. The van der Waals surface area contributed by atoms with E-state index in [0.717, 1.165) is 12.8 Å². The number of esters is 1. The molecule has 0 aromatic rings. The van der Waals surface area contributed by atoms with Crippen LogP contribution < -0.4 is 0 Å². The molecule has 2 atom stereocenters. The Labute approximate surface area is 104 Å². The van der Waals surface area contributed by atoms with Crippen molar-refractivity contribution in [3.63, 3.8) is 0 Å². The quantitative estimate of drug-likeness (QED) is 0.673. The molecule has 0 aromatic heterocycles. The monoisotopic (exact) mass is 244 g/mol. The van der Waals surface area contributed by atoms with E-state index in [0.29, 0.717) is 25.6 Å². The number of ether oxygens (including phenoxy) is 3. The summed E-state index contributed by atoms with van der Waals surface area (Å²) in [5.74, 6) is -0.161. The molecule has 1 aliphatic rings. The van der Waals surface area contributed by atoms with Gasteiger partial charge in [0.1, 0.15) is 12.7 Å². The second-order valence-corrected chi connectivity index (χ2v) is 5.22. The van der Waals surface area contributed by atoms with Crippen molar-refractivity contribution in [2.24, 2.45) is 5.92 Å². The van der Waals surface area contributed by atoms with E-state index in [4.69, 9.17) is 14.2 Å². The molecule has 0 bridgehead atoms. The normalized spacial score (nSPS) is 28.6. The van der Waals surface area contributed by atoms with Crippen molar-refractivity contribution < 1.29 is 19.0 Å². The van der Waals surface area contributed by atoms with Gasteiger partial charge in [-0.1, -0.05) is 20.8 Å². The van der Waals surface area contributed by atoms with Crippen LogP contribution in [0.4, 0.5) is 0 Å². The van der Waals surface area contributed by atoms with Gasteiger partial charge < -0.3 is 14.2 Å². The van der Waals surface area contributed by atoms with E-state index in [2.05, 4.69) is 13.8 Å². The fourth-order valence-corrected chi connectivity index (χ4v) is 2.08. The molecule has 1 rings (SSSR count). The molecule has 17 heavy (non-hydrogen) atoms. The van der Waals surface area contributed by atoms with E-state index in [1.165, 1.54) is 0 Å². The van der Waals surface area contributed by atoms with Crippen LogP contribution in [0.2, 0.25) is 0 Å². The molecule has 4 nitrogen and oxygen atoms in total. The lowest BCUT2D eigenvalue weighted by Gasteiger charge is -2.25. The first-order chi connectivity index (χ1) is 7.95. The van der Waals surface area contributed by atoms with E-state index in [1.807, 2.05) is 13.8 Å². The number of hydrogen-bond donors (Lipinski definition) is 0. The highest BCUT2D eigenvalue weighted by Crippen LogP contribution is 2.29. The first-order valence-corrected chi connectivity index (χ1v) is 6.42. The molecule has 1 aliphatic heterocycles. The molecule has 4 heteroatoms. The summed E-state index contributed by atoms with van der Waals surface area (Å²) in [7, 11) is 0. The Morgan fingerprint density at radius 2 is 2.24 bits per heavy atom. The van der Waals surface area contributed by atoms with E-state index < -0.39 is 5.79 Å². The summed E-state index contributed by atoms with van der Waals surface area (Å²) in [5, 5.41) is 0. The molecule has 0 aromatic carbocycles. The average Bonchev–Trinajstić information content (AvgIpc) is 2.56. The first-order valence-electron chi connectivity index (χ1n) is 6.42. The molecule has 2 unspecified atom stereocenters. The molecule has 0 aliphatic carbocycles. The van der Waals surface area contributed by atoms with Crippen LogP contribution in [-0.4, -0.2) is 31.1 Å². The van der Waals surface area contributed by atoms with Crippen LogP contribution in [0.3, 0.4) is 0 Å². The Morgan fingerprint density at radius 3 is 2.82 bits per heavy atom. The Hall–Kier alpha value is -0.610. The molecule has 0 saturated carbocycles. The second kappa shape index (κ2) is 6.36. The first kappa shape index (κ1) is 14.5. The van der Waals surface area contributed by atoms with Crippen molar-refractivity contribution in [2.75, 3.05) is 13.2 Å². The molecule has 1 saturated heterocycles. The summed E-state index contributed by atoms with van der Waals surface area (Å²) in [4.78, 5) is 11.2. The Kier molecular flexibility index (Phi) is 5.40. The predicted molar refractivity (Wildman–Crippen MR) is 64.6 cm³/mol. The minimum absolute atomic E-state index is 0.125. The van der Waals surface area contributed by atoms with Crippen molar-refractivity contribution in [1.82, 2.24) is 0 Å². The summed E-state index contributed by atoms with van der Waals surface area (Å²) in [6, 6.07) is 0. The third-order valence-electron chi connectivity index (χ3n) is 2.65. The fourth-order valence-electron chi connectivity index (χ4n) is 2.08. The van der Waals surface area contributed by atoms with Crippen LogP contribution >= 0.6 is 0 Å². The molecule has 0 radical (unpaired) electrons. The minimum Gasteiger partial charge on any atom is -0.463 e. The molecule has 0 amide bonds. The molecular formula is C13H24O4. The van der Waals surface area contributed by atoms with Gasteiger partial charge in [0.05, 0.1) is 6.61 Å². The molecule has 1 fully saturated rings. The molecule has 0 spiro atoms. The zero-order valence-electron chi connectivity index (χ0n) is 11.3. The number of carbonyl (C=O) groups is 1. The number of rotatable bonds is 6. The average molecular weight is 244 g/mol. The highest BCUT2D eigenvalue weighted by Gasteiger charge is 2.38. The lowest BCUT2D eigenvalue weighted by atomic mass is 10.0. The largest absolute Gasteiger partial charge is 0.463 e. The van der Waals surface area contributed by atoms with Crippen LogP contribution in [-0.2, 0) is 19.0 Å². The molecular weight excluding hydrogens is 220 g/mol. The van der Waals surface area contributed by atoms with Crippen molar-refractivity contribution in [2.45, 2.75) is 58.8 Å². The molecule has 1 heterocycles. The van der Waals surface area contributed by atoms with Crippen LogP contribution in [0.5, 0.6) is 0 Å². The lowest BCUT2D eigenvalue weighted by Crippen LogP contribution is -2.30. The van der Waals surface area contributed by atoms with E-state index >= 15 is 0 Å². The van der Waals surface area contributed by atoms with Crippen molar-refractivity contribution in [3.05, 3.63) is 0 Å². The van der Waals surface area contributed by atoms with Gasteiger partial charge in [0.2, 0.25) is 0 Å². The highest BCUT2D eigenvalue weighted by molar-refractivity contribution is 5.69. The van der Waals surface area contributed by atoms with Crippen LogP contribution in [0.25, 0.3) is 0 Å². The topological polar surface area (TPSA) is 44.8 Å². The SMILES string of the molecule is CCCC(=O)OCC1COC(C)(CC(C)C)O1. The van der Waals surface area contributed by atoms with E-state index in [1.54, 1.807) is 0 Å². The van der Waals surface area contributed by atoms with Gasteiger partial charge in [-0.2, -0.15) is 0 Å². The van der Waals surface area contributed by atoms with Gasteiger partial charge in [0, 0.05) is 12.8 Å². The van der Waals surface area contributed by atoms with Crippen molar-refractivity contribution >= 4 is 5.97 Å². The summed E-state index contributed by atoms with van der Waals surface area (Å²) in [5.41, 5.74) is 0. The Balaban J connectivity index is 2.28. The molecule has 0 N–H and O–H groups in total. The van der Waals surface area contributed by atoms with Gasteiger partial charge >= 0.3 is 5.97 Å². The van der Waals surface area contributed by atoms with Crippen LogP contribution in [0.15, 0.2) is 0 Å². The predicted octanol–water partition coefficient (Wildman–Crippen LogP) is 2.51. The van der Waals surface area contributed by atoms with Crippen LogP contribution in [0.1, 0.15) is 47.0 Å². The maximum Gasteiger partial charge on any atom is 0.305 e. The van der Waals surface area contributed by atoms with Gasteiger partial charge in [-0.3, -0.25) is 4.79 Å². The third-order valence-corrected chi connectivity index (χ3v) is 2.65. The smallest absolute Gasteiger partial charge is 0.305 e. The van der Waals surface area contributed by atoms with E-state index in [9.17, 15) is 4.79 Å². The highest BCUT2D eigenvalue weighted by atomic mass is 16.7. The Morgan fingerprint density at radius 1 is 1.53 bits per heavy atom. The number of hydrogen-bond acceptors (Lipinski definition) is 4. The zero-order chi connectivity index (χ0) is 12.9. The van der Waals surface area contributed by atoms with Gasteiger partial charge in [-0.05, 0) is 19.3 Å². The third kappa shape index (κ3) is 5.04. The number of carbonyl (C=O) groups excluding carboxylic acids is 1. The van der Waals surface area contributed by atoms with Gasteiger partial charge in [-0.15, -0.1) is 0 Å². The summed E-state index contributed by atoms with van der Waals surface area (Å²) in [6.45, 7) is 8.96. The van der Waals surface area contributed by atoms with Crippen molar-refractivity contribution in [3.8, 4) is 0 Å². The fraction of sp³-hybridized carbons (Fsp3) is 0.923. The summed E-state index contributed by atoms with van der Waals surface area (Å²) >= 11 is 0. The second-order valence-electron chi connectivity index (χ2n) is 5.22. The van der Waals surface area contributed by atoms with Crippen molar-refractivity contribution in [1.29, 1.82) is 0 Å². The van der Waals surface area contributed by atoms with E-state index in [-0.39, 0.29) is 12.1 Å². The van der Waals surface area contributed by atoms with Gasteiger partial charge in [-0.25, -0.2) is 0 Å².